The van der Waals surface area contributed by atoms with Gasteiger partial charge in [-0.1, -0.05) is 0 Å². The number of carbonyl (C=O) groups is 1. The smallest absolute Gasteiger partial charge is 0.145 e. The van der Waals surface area contributed by atoms with Gasteiger partial charge in [0.15, 0.2) is 0 Å². The van der Waals surface area contributed by atoms with Gasteiger partial charge in [0, 0.05) is 17.2 Å². The van der Waals surface area contributed by atoms with Crippen molar-refractivity contribution in [3.63, 3.8) is 0 Å². The summed E-state index contributed by atoms with van der Waals surface area (Å²) in [5, 5.41) is 0. The molecular formula is C9H10FNO. The molecule has 64 valence electrons. The van der Waals surface area contributed by atoms with Crippen LogP contribution >= 0.6 is 0 Å². The quantitative estimate of drug-likeness (QED) is 0.627. The number of hydrogen-bond acceptors (Lipinski definition) is 2. The van der Waals surface area contributed by atoms with E-state index in [0.29, 0.717) is 5.56 Å². The van der Waals surface area contributed by atoms with E-state index in [2.05, 4.69) is 4.98 Å². The number of carbonyl (C=O) groups excluding carboxylic acids is 1. The van der Waals surface area contributed by atoms with E-state index in [-0.39, 0.29) is 0 Å². The Labute approximate surface area is 70.4 Å². The molecule has 0 unspecified atom stereocenters. The largest absolute Gasteiger partial charge is 0.302 e. The van der Waals surface area contributed by atoms with Crippen LogP contribution in [0, 0.1) is 5.82 Å². The van der Waals surface area contributed by atoms with E-state index in [0.717, 1.165) is 12.5 Å². The van der Waals surface area contributed by atoms with E-state index in [1.165, 1.54) is 12.3 Å². The van der Waals surface area contributed by atoms with Crippen molar-refractivity contribution >= 4 is 6.29 Å². The van der Waals surface area contributed by atoms with Crippen LogP contribution in [0.5, 0.6) is 0 Å². The van der Waals surface area contributed by atoms with Gasteiger partial charge in [0.2, 0.25) is 0 Å². The molecule has 1 aromatic heterocycles. The molecule has 2 nitrogen and oxygen atoms in total. The lowest BCUT2D eigenvalue weighted by molar-refractivity contribution is -0.111. The SMILES string of the molecule is CC(C)(C=O)c1ccncc1F. The molecular weight excluding hydrogens is 157 g/mol. The number of aldehydes is 1. The Bertz CT molecular complexity index is 296. The Morgan fingerprint density at radius 1 is 1.58 bits per heavy atom. The minimum Gasteiger partial charge on any atom is -0.302 e. The molecule has 0 spiro atoms. The van der Waals surface area contributed by atoms with Crippen LogP contribution in [0.4, 0.5) is 4.39 Å². The van der Waals surface area contributed by atoms with Crippen molar-refractivity contribution in [1.82, 2.24) is 4.98 Å². The minimum atomic E-state index is -0.771. The summed E-state index contributed by atoms with van der Waals surface area (Å²) in [5.74, 6) is -0.436. The zero-order chi connectivity index (χ0) is 9.19. The second-order valence-corrected chi connectivity index (χ2v) is 3.20. The van der Waals surface area contributed by atoms with Crippen LogP contribution in [0.2, 0.25) is 0 Å². The second kappa shape index (κ2) is 3.01. The van der Waals surface area contributed by atoms with Crippen molar-refractivity contribution in [3.05, 3.63) is 29.8 Å². The molecule has 0 saturated heterocycles. The molecule has 0 fully saturated rings. The summed E-state index contributed by atoms with van der Waals surface area (Å²) in [6, 6.07) is 1.52. The maximum Gasteiger partial charge on any atom is 0.145 e. The van der Waals surface area contributed by atoms with Crippen molar-refractivity contribution in [2.45, 2.75) is 19.3 Å². The van der Waals surface area contributed by atoms with Crippen molar-refractivity contribution in [2.24, 2.45) is 0 Å². The van der Waals surface area contributed by atoms with Crippen LogP contribution in [-0.4, -0.2) is 11.3 Å². The summed E-state index contributed by atoms with van der Waals surface area (Å²) in [6.45, 7) is 3.33. The Morgan fingerprint density at radius 3 is 2.75 bits per heavy atom. The van der Waals surface area contributed by atoms with Crippen LogP contribution in [-0.2, 0) is 10.2 Å². The van der Waals surface area contributed by atoms with Gasteiger partial charge in [-0.15, -0.1) is 0 Å². The molecule has 0 aliphatic rings. The first-order chi connectivity index (χ1) is 5.58. The molecule has 0 radical (unpaired) electrons. The fourth-order valence-corrected chi connectivity index (χ4v) is 0.961. The summed E-state index contributed by atoms with van der Waals surface area (Å²) in [5.41, 5.74) is -0.389. The highest BCUT2D eigenvalue weighted by Gasteiger charge is 2.22. The molecule has 1 aromatic rings. The Kier molecular flexibility index (Phi) is 2.22. The maximum atomic E-state index is 13.1. The second-order valence-electron chi connectivity index (χ2n) is 3.20. The van der Waals surface area contributed by atoms with Gasteiger partial charge in [-0.3, -0.25) is 4.98 Å². The molecule has 0 bridgehead atoms. The van der Waals surface area contributed by atoms with Crippen molar-refractivity contribution < 1.29 is 9.18 Å². The first-order valence-electron chi connectivity index (χ1n) is 3.64. The van der Waals surface area contributed by atoms with Gasteiger partial charge in [-0.25, -0.2) is 4.39 Å². The van der Waals surface area contributed by atoms with Crippen LogP contribution in [0.1, 0.15) is 19.4 Å². The minimum absolute atomic E-state index is 0.382. The van der Waals surface area contributed by atoms with Gasteiger partial charge in [0.05, 0.1) is 6.20 Å². The van der Waals surface area contributed by atoms with Crippen molar-refractivity contribution in [1.29, 1.82) is 0 Å². The van der Waals surface area contributed by atoms with Gasteiger partial charge >= 0.3 is 0 Å². The molecule has 1 heterocycles. The van der Waals surface area contributed by atoms with Gasteiger partial charge < -0.3 is 4.79 Å². The molecule has 1 rings (SSSR count). The first-order valence-corrected chi connectivity index (χ1v) is 3.64. The van der Waals surface area contributed by atoms with E-state index in [1.54, 1.807) is 13.8 Å². The van der Waals surface area contributed by atoms with Crippen LogP contribution < -0.4 is 0 Å². The molecule has 0 saturated carbocycles. The van der Waals surface area contributed by atoms with Crippen molar-refractivity contribution in [2.75, 3.05) is 0 Å². The molecule has 0 aliphatic heterocycles. The number of halogens is 1. The van der Waals surface area contributed by atoms with Gasteiger partial charge in [-0.05, 0) is 19.9 Å². The summed E-state index contributed by atoms with van der Waals surface area (Å²) in [6.07, 6.45) is 3.32. The Balaban J connectivity index is 3.19. The van der Waals surface area contributed by atoms with E-state index in [1.807, 2.05) is 0 Å². The molecule has 0 aromatic carbocycles. The Morgan fingerprint density at radius 2 is 2.25 bits per heavy atom. The lowest BCUT2D eigenvalue weighted by atomic mass is 9.87. The fourth-order valence-electron chi connectivity index (χ4n) is 0.961. The highest BCUT2D eigenvalue weighted by atomic mass is 19.1. The zero-order valence-corrected chi connectivity index (χ0v) is 7.04. The van der Waals surface area contributed by atoms with Crippen LogP contribution in [0.3, 0.4) is 0 Å². The van der Waals surface area contributed by atoms with Gasteiger partial charge in [0.1, 0.15) is 12.1 Å². The summed E-state index contributed by atoms with van der Waals surface area (Å²) >= 11 is 0. The van der Waals surface area contributed by atoms with Crippen molar-refractivity contribution in [3.8, 4) is 0 Å². The van der Waals surface area contributed by atoms with Gasteiger partial charge in [-0.2, -0.15) is 0 Å². The monoisotopic (exact) mass is 167 g/mol. The molecule has 0 aliphatic carbocycles. The summed E-state index contributed by atoms with van der Waals surface area (Å²) in [4.78, 5) is 14.2. The third-order valence-electron chi connectivity index (χ3n) is 1.76. The Hall–Kier alpha value is -1.25. The van der Waals surface area contributed by atoms with E-state index >= 15 is 0 Å². The average Bonchev–Trinajstić information content (AvgIpc) is 2.05. The van der Waals surface area contributed by atoms with E-state index < -0.39 is 11.2 Å². The van der Waals surface area contributed by atoms with Crippen LogP contribution in [0.15, 0.2) is 18.5 Å². The lowest BCUT2D eigenvalue weighted by Gasteiger charge is -2.17. The maximum absolute atomic E-state index is 13.1. The van der Waals surface area contributed by atoms with E-state index in [9.17, 15) is 9.18 Å². The molecule has 0 N–H and O–H groups in total. The molecule has 3 heteroatoms. The van der Waals surface area contributed by atoms with E-state index in [4.69, 9.17) is 0 Å². The number of hydrogen-bond donors (Lipinski definition) is 0. The highest BCUT2D eigenvalue weighted by molar-refractivity contribution is 5.67. The molecule has 0 atom stereocenters. The highest BCUT2D eigenvalue weighted by Crippen LogP contribution is 2.22. The average molecular weight is 167 g/mol. The predicted octanol–water partition coefficient (Wildman–Crippen LogP) is 1.70. The molecule has 0 amide bonds. The predicted molar refractivity (Wildman–Crippen MR) is 43.3 cm³/mol. The zero-order valence-electron chi connectivity index (χ0n) is 7.04. The standard InChI is InChI=1S/C9H10FNO/c1-9(2,6-12)7-3-4-11-5-8(7)10/h3-6H,1-2H3. The lowest BCUT2D eigenvalue weighted by Crippen LogP contribution is -2.20. The van der Waals surface area contributed by atoms with Gasteiger partial charge in [0.25, 0.3) is 0 Å². The normalized spacial score (nSPS) is 11.2. The third kappa shape index (κ3) is 1.49. The fraction of sp³-hybridized carbons (Fsp3) is 0.333. The van der Waals surface area contributed by atoms with Crippen LogP contribution in [0.25, 0.3) is 0 Å². The third-order valence-corrected chi connectivity index (χ3v) is 1.76. The number of aromatic nitrogens is 1. The topological polar surface area (TPSA) is 30.0 Å². The number of rotatable bonds is 2. The summed E-state index contributed by atoms with van der Waals surface area (Å²) in [7, 11) is 0. The first kappa shape index (κ1) is 8.84. The summed E-state index contributed by atoms with van der Waals surface area (Å²) < 4.78 is 13.1. The number of pyridine rings is 1. The number of nitrogens with zero attached hydrogens (tertiary/aromatic N) is 1. The molecule has 12 heavy (non-hydrogen) atoms.